The molecule has 0 aromatic heterocycles. The summed E-state index contributed by atoms with van der Waals surface area (Å²) in [6, 6.07) is 19.6. The Kier molecular flexibility index (Phi) is 6.95. The van der Waals surface area contributed by atoms with E-state index < -0.39 is 11.8 Å². The molecule has 3 aromatic rings. The van der Waals surface area contributed by atoms with Gasteiger partial charge >= 0.3 is 0 Å². The average Bonchev–Trinajstić information content (AvgIpc) is 2.84. The topological polar surface area (TPSA) is 77.1 Å². The van der Waals surface area contributed by atoms with Gasteiger partial charge in [0.25, 0.3) is 11.8 Å². The van der Waals surface area contributed by atoms with Crippen molar-refractivity contribution in [3.63, 3.8) is 0 Å². The molecule has 0 unspecified atom stereocenters. The number of hydrogen-bond donors (Lipinski definition) is 1. The predicted octanol–water partition coefficient (Wildman–Crippen LogP) is 5.09. The molecule has 1 aliphatic rings. The molecule has 1 N–H and O–H groups in total. The first kappa shape index (κ1) is 23.5. The van der Waals surface area contributed by atoms with Crippen molar-refractivity contribution < 1.29 is 23.8 Å². The van der Waals surface area contributed by atoms with Crippen LogP contribution in [0.1, 0.15) is 5.56 Å². The molecule has 0 bridgehead atoms. The van der Waals surface area contributed by atoms with Crippen LogP contribution >= 0.6 is 28.1 Å². The SMILES string of the molecule is COc1cc(Br)c(C=C2C(=O)NC(=S)N(c3ccc(Oc4ccccc4)cc3)C2=O)cc1OC. The largest absolute Gasteiger partial charge is 0.493 e. The van der Waals surface area contributed by atoms with E-state index in [0.717, 1.165) is 0 Å². The van der Waals surface area contributed by atoms with Crippen LogP contribution in [0.2, 0.25) is 0 Å². The second-order valence-electron chi connectivity index (χ2n) is 7.10. The Labute approximate surface area is 210 Å². The smallest absolute Gasteiger partial charge is 0.270 e. The normalized spacial score (nSPS) is 14.7. The van der Waals surface area contributed by atoms with Crippen LogP contribution in [0.25, 0.3) is 6.08 Å². The second kappa shape index (κ2) is 10.1. The first-order valence-corrected chi connectivity index (χ1v) is 11.3. The molecule has 1 saturated heterocycles. The number of carbonyl (C=O) groups excluding carboxylic acids is 2. The third-order valence-electron chi connectivity index (χ3n) is 4.98. The van der Waals surface area contributed by atoms with Gasteiger partial charge in [0, 0.05) is 4.47 Å². The Bertz CT molecular complexity index is 1290. The highest BCUT2D eigenvalue weighted by Gasteiger charge is 2.34. The molecule has 34 heavy (non-hydrogen) atoms. The summed E-state index contributed by atoms with van der Waals surface area (Å²) < 4.78 is 17.0. The predicted molar refractivity (Wildman–Crippen MR) is 136 cm³/mol. The number of halogens is 1. The number of methoxy groups -OCH3 is 2. The zero-order valence-electron chi connectivity index (χ0n) is 18.2. The van der Waals surface area contributed by atoms with Crippen LogP contribution in [-0.2, 0) is 9.59 Å². The number of carbonyl (C=O) groups is 2. The lowest BCUT2D eigenvalue weighted by molar-refractivity contribution is -0.122. The van der Waals surface area contributed by atoms with E-state index in [1.54, 1.807) is 36.4 Å². The Hall–Kier alpha value is -3.69. The molecule has 9 heteroatoms. The Morgan fingerprint density at radius 1 is 0.912 bits per heavy atom. The minimum Gasteiger partial charge on any atom is -0.493 e. The minimum absolute atomic E-state index is 0.00439. The average molecular weight is 539 g/mol. The number of para-hydroxylation sites is 1. The van der Waals surface area contributed by atoms with Crippen LogP contribution in [0.4, 0.5) is 5.69 Å². The summed E-state index contributed by atoms with van der Waals surface area (Å²) in [5, 5.41) is 2.58. The number of nitrogens with one attached hydrogen (secondary N) is 1. The van der Waals surface area contributed by atoms with E-state index in [1.165, 1.54) is 25.2 Å². The van der Waals surface area contributed by atoms with Gasteiger partial charge < -0.3 is 14.2 Å². The fourth-order valence-electron chi connectivity index (χ4n) is 3.32. The number of benzene rings is 3. The quantitative estimate of drug-likeness (QED) is 0.267. The van der Waals surface area contributed by atoms with Gasteiger partial charge in [0.15, 0.2) is 16.6 Å². The maximum atomic E-state index is 13.3. The van der Waals surface area contributed by atoms with Gasteiger partial charge in [-0.05, 0) is 72.4 Å². The standard InChI is InChI=1S/C25H19BrN2O5S/c1-31-21-13-15(20(26)14-22(21)32-2)12-19-23(29)27-25(34)28(24(19)30)16-8-10-18(11-9-16)33-17-6-4-3-5-7-17/h3-14H,1-2H3,(H,27,29,34). The van der Waals surface area contributed by atoms with E-state index in [4.69, 9.17) is 26.4 Å². The van der Waals surface area contributed by atoms with E-state index in [1.807, 2.05) is 30.3 Å². The van der Waals surface area contributed by atoms with Crippen LogP contribution < -0.4 is 24.4 Å². The summed E-state index contributed by atoms with van der Waals surface area (Å²) in [7, 11) is 3.03. The number of anilines is 1. The van der Waals surface area contributed by atoms with Crippen LogP contribution in [0.3, 0.4) is 0 Å². The van der Waals surface area contributed by atoms with Crippen molar-refractivity contribution in [3.8, 4) is 23.0 Å². The molecule has 1 aliphatic heterocycles. The van der Waals surface area contributed by atoms with Crippen molar-refractivity contribution in [2.24, 2.45) is 0 Å². The number of ether oxygens (including phenoxy) is 3. The highest BCUT2D eigenvalue weighted by molar-refractivity contribution is 9.10. The highest BCUT2D eigenvalue weighted by atomic mass is 79.9. The van der Waals surface area contributed by atoms with Crippen molar-refractivity contribution >= 4 is 56.8 Å². The lowest BCUT2D eigenvalue weighted by atomic mass is 10.1. The maximum Gasteiger partial charge on any atom is 0.270 e. The molecule has 0 saturated carbocycles. The number of rotatable bonds is 6. The van der Waals surface area contributed by atoms with Crippen LogP contribution in [0, 0.1) is 0 Å². The van der Waals surface area contributed by atoms with Crippen LogP contribution in [0.5, 0.6) is 23.0 Å². The van der Waals surface area contributed by atoms with Crippen molar-refractivity contribution in [2.75, 3.05) is 19.1 Å². The van der Waals surface area contributed by atoms with Gasteiger partial charge in [0.05, 0.1) is 19.9 Å². The van der Waals surface area contributed by atoms with E-state index in [2.05, 4.69) is 21.2 Å². The highest BCUT2D eigenvalue weighted by Crippen LogP contribution is 2.35. The fourth-order valence-corrected chi connectivity index (χ4v) is 4.03. The molecule has 1 fully saturated rings. The van der Waals surface area contributed by atoms with Crippen LogP contribution in [-0.4, -0.2) is 31.1 Å². The summed E-state index contributed by atoms with van der Waals surface area (Å²) in [4.78, 5) is 27.2. The van der Waals surface area contributed by atoms with E-state index in [0.29, 0.717) is 38.7 Å². The van der Waals surface area contributed by atoms with E-state index in [-0.39, 0.29) is 10.7 Å². The monoisotopic (exact) mass is 538 g/mol. The molecule has 0 spiro atoms. The Balaban J connectivity index is 1.64. The van der Waals surface area contributed by atoms with Crippen molar-refractivity contribution in [3.05, 3.63) is 82.3 Å². The molecular formula is C25H19BrN2O5S. The minimum atomic E-state index is -0.586. The lowest BCUT2D eigenvalue weighted by Gasteiger charge is -2.29. The summed E-state index contributed by atoms with van der Waals surface area (Å²) in [5.74, 6) is 1.13. The molecule has 0 atom stereocenters. The van der Waals surface area contributed by atoms with Crippen molar-refractivity contribution in [1.82, 2.24) is 5.32 Å². The summed E-state index contributed by atoms with van der Waals surface area (Å²) in [5.41, 5.74) is 0.981. The van der Waals surface area contributed by atoms with Gasteiger partial charge in [-0.25, -0.2) is 0 Å². The third-order valence-corrected chi connectivity index (χ3v) is 5.95. The van der Waals surface area contributed by atoms with Gasteiger partial charge in [0.2, 0.25) is 0 Å². The summed E-state index contributed by atoms with van der Waals surface area (Å²) in [6.45, 7) is 0. The fraction of sp³-hybridized carbons (Fsp3) is 0.0800. The third kappa shape index (κ3) is 4.80. The first-order chi connectivity index (χ1) is 16.4. The second-order valence-corrected chi connectivity index (χ2v) is 8.34. The van der Waals surface area contributed by atoms with Gasteiger partial charge in [0.1, 0.15) is 17.1 Å². The van der Waals surface area contributed by atoms with Crippen LogP contribution in [0.15, 0.2) is 76.8 Å². The Morgan fingerprint density at radius 3 is 2.18 bits per heavy atom. The van der Waals surface area contributed by atoms with Gasteiger partial charge in [-0.15, -0.1) is 0 Å². The molecule has 3 aromatic carbocycles. The Morgan fingerprint density at radius 2 is 1.53 bits per heavy atom. The lowest BCUT2D eigenvalue weighted by Crippen LogP contribution is -2.54. The molecule has 0 aliphatic carbocycles. The first-order valence-electron chi connectivity index (χ1n) is 10.1. The van der Waals surface area contributed by atoms with Crippen molar-refractivity contribution in [2.45, 2.75) is 0 Å². The molecule has 2 amide bonds. The molecule has 7 nitrogen and oxygen atoms in total. The van der Waals surface area contributed by atoms with E-state index in [9.17, 15) is 9.59 Å². The molecular weight excluding hydrogens is 520 g/mol. The van der Waals surface area contributed by atoms with Crippen molar-refractivity contribution in [1.29, 1.82) is 0 Å². The zero-order chi connectivity index (χ0) is 24.2. The van der Waals surface area contributed by atoms with Gasteiger partial charge in [-0.1, -0.05) is 34.1 Å². The molecule has 1 heterocycles. The van der Waals surface area contributed by atoms with E-state index >= 15 is 0 Å². The zero-order valence-corrected chi connectivity index (χ0v) is 20.6. The number of thiocarbonyl (C=S) groups is 1. The van der Waals surface area contributed by atoms with Gasteiger partial charge in [-0.3, -0.25) is 19.8 Å². The maximum absolute atomic E-state index is 13.3. The molecule has 4 rings (SSSR count). The number of hydrogen-bond acceptors (Lipinski definition) is 6. The molecule has 0 radical (unpaired) electrons. The summed E-state index contributed by atoms with van der Waals surface area (Å²) >= 11 is 8.73. The van der Waals surface area contributed by atoms with Gasteiger partial charge in [-0.2, -0.15) is 0 Å². The molecule has 172 valence electrons. The summed E-state index contributed by atoms with van der Waals surface area (Å²) in [6.07, 6.45) is 1.48. The number of amides is 2. The number of nitrogens with zero attached hydrogens (tertiary/aromatic N) is 1.